The van der Waals surface area contributed by atoms with Crippen molar-refractivity contribution in [2.45, 2.75) is 20.0 Å². The number of aryl methyl sites for hydroxylation is 1. The Bertz CT molecular complexity index is 529. The van der Waals surface area contributed by atoms with Crippen molar-refractivity contribution in [3.63, 3.8) is 0 Å². The lowest BCUT2D eigenvalue weighted by Gasteiger charge is -2.15. The number of aromatic amines is 1. The first-order chi connectivity index (χ1) is 8.16. The molecule has 6 nitrogen and oxygen atoms in total. The van der Waals surface area contributed by atoms with E-state index in [1.54, 1.807) is 17.0 Å². The largest absolute Gasteiger partial charge is 0.325 e. The van der Waals surface area contributed by atoms with Gasteiger partial charge in [0.15, 0.2) is 0 Å². The molecule has 2 aromatic rings. The van der Waals surface area contributed by atoms with Crippen molar-refractivity contribution < 1.29 is 0 Å². The zero-order valence-corrected chi connectivity index (χ0v) is 10.7. The standard InChI is InChI=1S/C10H15N5OS/c1-8-9(17-13-12-8)7-14(2)5-6-15-4-3-11-10(15)16/h3-4H,5-7H2,1-2H3,(H,11,16). The Kier molecular flexibility index (Phi) is 3.70. The fourth-order valence-corrected chi connectivity index (χ4v) is 2.24. The molecule has 0 amide bonds. The summed E-state index contributed by atoms with van der Waals surface area (Å²) in [6, 6.07) is 0. The van der Waals surface area contributed by atoms with E-state index in [9.17, 15) is 4.79 Å². The number of rotatable bonds is 5. The number of imidazole rings is 1. The molecule has 17 heavy (non-hydrogen) atoms. The van der Waals surface area contributed by atoms with E-state index in [0.717, 1.165) is 18.8 Å². The van der Waals surface area contributed by atoms with E-state index >= 15 is 0 Å². The quantitative estimate of drug-likeness (QED) is 0.841. The summed E-state index contributed by atoms with van der Waals surface area (Å²) < 4.78 is 5.56. The molecule has 0 saturated carbocycles. The van der Waals surface area contributed by atoms with Gasteiger partial charge in [-0.2, -0.15) is 0 Å². The van der Waals surface area contributed by atoms with Crippen LogP contribution in [-0.4, -0.2) is 37.6 Å². The van der Waals surface area contributed by atoms with E-state index < -0.39 is 0 Å². The summed E-state index contributed by atoms with van der Waals surface area (Å²) in [6.45, 7) is 4.28. The first-order valence-electron chi connectivity index (χ1n) is 5.37. The normalized spacial score (nSPS) is 11.2. The second-order valence-electron chi connectivity index (χ2n) is 3.98. The van der Waals surface area contributed by atoms with Crippen LogP contribution < -0.4 is 5.69 Å². The number of hydrogen-bond donors (Lipinski definition) is 1. The Balaban J connectivity index is 1.86. The molecule has 0 unspecified atom stereocenters. The molecule has 0 aliphatic heterocycles. The molecular formula is C10H15N5OS. The molecular weight excluding hydrogens is 238 g/mol. The Morgan fingerprint density at radius 3 is 3.00 bits per heavy atom. The van der Waals surface area contributed by atoms with Crippen LogP contribution in [0.25, 0.3) is 0 Å². The van der Waals surface area contributed by atoms with Crippen LogP contribution >= 0.6 is 11.5 Å². The van der Waals surface area contributed by atoms with Gasteiger partial charge in [-0.15, -0.1) is 5.10 Å². The SMILES string of the molecule is Cc1nnsc1CN(C)CCn1cc[nH]c1=O. The molecule has 2 aromatic heterocycles. The highest BCUT2D eigenvalue weighted by atomic mass is 32.1. The van der Waals surface area contributed by atoms with Crippen molar-refractivity contribution in [1.29, 1.82) is 0 Å². The van der Waals surface area contributed by atoms with Gasteiger partial charge in [0, 0.05) is 32.0 Å². The van der Waals surface area contributed by atoms with Crippen LogP contribution in [0.1, 0.15) is 10.6 Å². The van der Waals surface area contributed by atoms with Crippen LogP contribution in [-0.2, 0) is 13.1 Å². The molecule has 0 atom stereocenters. The lowest BCUT2D eigenvalue weighted by atomic mass is 10.3. The predicted molar refractivity (Wildman–Crippen MR) is 66.0 cm³/mol. The van der Waals surface area contributed by atoms with Gasteiger partial charge >= 0.3 is 5.69 Å². The van der Waals surface area contributed by atoms with Crippen LogP contribution in [0.4, 0.5) is 0 Å². The summed E-state index contributed by atoms with van der Waals surface area (Å²) in [7, 11) is 2.02. The van der Waals surface area contributed by atoms with E-state index in [1.807, 2.05) is 14.0 Å². The first-order valence-corrected chi connectivity index (χ1v) is 6.14. The fourth-order valence-electron chi connectivity index (χ4n) is 1.52. The van der Waals surface area contributed by atoms with Crippen molar-refractivity contribution in [2.75, 3.05) is 13.6 Å². The van der Waals surface area contributed by atoms with Gasteiger partial charge < -0.3 is 4.98 Å². The van der Waals surface area contributed by atoms with Crippen LogP contribution in [0.15, 0.2) is 17.2 Å². The predicted octanol–water partition coefficient (Wildman–Crippen LogP) is 0.468. The molecule has 92 valence electrons. The highest BCUT2D eigenvalue weighted by Crippen LogP contribution is 2.11. The lowest BCUT2D eigenvalue weighted by Crippen LogP contribution is -2.26. The monoisotopic (exact) mass is 253 g/mol. The number of aromatic nitrogens is 4. The minimum Gasteiger partial charge on any atom is -0.313 e. The zero-order chi connectivity index (χ0) is 12.3. The average Bonchev–Trinajstić information content (AvgIpc) is 2.86. The van der Waals surface area contributed by atoms with E-state index in [4.69, 9.17) is 0 Å². The van der Waals surface area contributed by atoms with Crippen LogP contribution in [0.2, 0.25) is 0 Å². The summed E-state index contributed by atoms with van der Waals surface area (Å²) >= 11 is 1.43. The molecule has 0 fully saturated rings. The summed E-state index contributed by atoms with van der Waals surface area (Å²) in [5.74, 6) is 0. The highest BCUT2D eigenvalue weighted by Gasteiger charge is 2.07. The highest BCUT2D eigenvalue weighted by molar-refractivity contribution is 7.05. The van der Waals surface area contributed by atoms with Crippen molar-refractivity contribution in [2.24, 2.45) is 0 Å². The van der Waals surface area contributed by atoms with Gasteiger partial charge in [0.25, 0.3) is 0 Å². The first kappa shape index (κ1) is 12.0. The third kappa shape index (κ3) is 3.01. The lowest BCUT2D eigenvalue weighted by molar-refractivity contribution is 0.311. The molecule has 7 heteroatoms. The number of nitrogens with zero attached hydrogens (tertiary/aromatic N) is 4. The van der Waals surface area contributed by atoms with Gasteiger partial charge in [0.05, 0.1) is 10.6 Å². The zero-order valence-electron chi connectivity index (χ0n) is 9.88. The summed E-state index contributed by atoms with van der Waals surface area (Å²) in [5.41, 5.74) is 0.926. The van der Waals surface area contributed by atoms with Crippen molar-refractivity contribution in [3.8, 4) is 0 Å². The Morgan fingerprint density at radius 1 is 1.59 bits per heavy atom. The van der Waals surface area contributed by atoms with E-state index in [-0.39, 0.29) is 5.69 Å². The molecule has 0 aromatic carbocycles. The molecule has 0 bridgehead atoms. The van der Waals surface area contributed by atoms with Gasteiger partial charge in [-0.3, -0.25) is 9.47 Å². The van der Waals surface area contributed by atoms with Crippen LogP contribution in [0, 0.1) is 6.92 Å². The van der Waals surface area contributed by atoms with Crippen molar-refractivity contribution in [1.82, 2.24) is 24.0 Å². The molecule has 0 saturated heterocycles. The number of H-pyrrole nitrogens is 1. The van der Waals surface area contributed by atoms with E-state index in [2.05, 4.69) is 19.5 Å². The molecule has 2 heterocycles. The maximum absolute atomic E-state index is 11.3. The van der Waals surface area contributed by atoms with Crippen LogP contribution in [0.5, 0.6) is 0 Å². The smallest absolute Gasteiger partial charge is 0.313 e. The molecule has 1 N–H and O–H groups in total. The molecule has 0 aliphatic rings. The minimum absolute atomic E-state index is 0.0611. The third-order valence-corrected chi connectivity index (χ3v) is 3.41. The third-order valence-electron chi connectivity index (χ3n) is 2.60. The maximum Gasteiger partial charge on any atom is 0.325 e. The second kappa shape index (κ2) is 5.24. The number of hydrogen-bond acceptors (Lipinski definition) is 5. The van der Waals surface area contributed by atoms with Gasteiger partial charge in [0.2, 0.25) is 0 Å². The fraction of sp³-hybridized carbons (Fsp3) is 0.500. The number of nitrogens with one attached hydrogen (secondary N) is 1. The second-order valence-corrected chi connectivity index (χ2v) is 4.82. The van der Waals surface area contributed by atoms with Gasteiger partial charge in [-0.05, 0) is 25.5 Å². The number of likely N-dealkylation sites (N-methyl/N-ethyl adjacent to an activating group) is 1. The molecule has 0 aliphatic carbocycles. The van der Waals surface area contributed by atoms with Crippen molar-refractivity contribution in [3.05, 3.63) is 33.4 Å². The van der Waals surface area contributed by atoms with Gasteiger partial charge in [0.1, 0.15) is 0 Å². The van der Waals surface area contributed by atoms with Gasteiger partial charge in [-0.1, -0.05) is 4.49 Å². The Hall–Kier alpha value is -1.47. The average molecular weight is 253 g/mol. The summed E-state index contributed by atoms with van der Waals surface area (Å²) in [5, 5.41) is 3.98. The molecule has 0 radical (unpaired) electrons. The maximum atomic E-state index is 11.3. The van der Waals surface area contributed by atoms with Crippen LogP contribution in [0.3, 0.4) is 0 Å². The van der Waals surface area contributed by atoms with Gasteiger partial charge in [-0.25, -0.2) is 4.79 Å². The summed E-state index contributed by atoms with van der Waals surface area (Å²) in [6.07, 6.45) is 3.41. The van der Waals surface area contributed by atoms with E-state index in [0.29, 0.717) is 6.54 Å². The Morgan fingerprint density at radius 2 is 2.41 bits per heavy atom. The topological polar surface area (TPSA) is 66.8 Å². The molecule has 0 spiro atoms. The van der Waals surface area contributed by atoms with Crippen molar-refractivity contribution >= 4 is 11.5 Å². The minimum atomic E-state index is -0.0611. The summed E-state index contributed by atoms with van der Waals surface area (Å²) in [4.78, 5) is 17.2. The van der Waals surface area contributed by atoms with E-state index in [1.165, 1.54) is 16.4 Å². The molecule has 2 rings (SSSR count). The Labute approximate surface area is 103 Å².